The number of carbonyl (C=O) groups is 1. The highest BCUT2D eigenvalue weighted by atomic mass is 16.1. The second-order valence-corrected chi connectivity index (χ2v) is 4.26. The van der Waals surface area contributed by atoms with Gasteiger partial charge in [0, 0.05) is 12.6 Å². The molecule has 0 heterocycles. The monoisotopic (exact) mass is 169 g/mol. The lowest BCUT2D eigenvalue weighted by Gasteiger charge is -2.22. The van der Waals surface area contributed by atoms with Gasteiger partial charge in [-0.3, -0.25) is 9.69 Å². The van der Waals surface area contributed by atoms with Gasteiger partial charge >= 0.3 is 0 Å². The minimum Gasteiger partial charge on any atom is -0.299 e. The van der Waals surface area contributed by atoms with E-state index in [2.05, 4.69) is 18.7 Å². The first-order chi connectivity index (χ1) is 5.59. The van der Waals surface area contributed by atoms with E-state index in [0.29, 0.717) is 18.2 Å². The lowest BCUT2D eigenvalue weighted by Crippen LogP contribution is -2.33. The minimum atomic E-state index is 0.294. The van der Waals surface area contributed by atoms with Crippen molar-refractivity contribution in [1.29, 1.82) is 0 Å². The topological polar surface area (TPSA) is 20.3 Å². The summed E-state index contributed by atoms with van der Waals surface area (Å²) < 4.78 is 0. The number of hydrogen-bond acceptors (Lipinski definition) is 2. The van der Waals surface area contributed by atoms with Crippen LogP contribution in [0.5, 0.6) is 0 Å². The Morgan fingerprint density at radius 1 is 1.50 bits per heavy atom. The number of rotatable bonds is 5. The second-order valence-electron chi connectivity index (χ2n) is 4.26. The smallest absolute Gasteiger partial charge is 0.143 e. The Morgan fingerprint density at radius 3 is 2.42 bits per heavy atom. The van der Waals surface area contributed by atoms with Crippen LogP contribution in [0, 0.1) is 5.92 Å². The van der Waals surface area contributed by atoms with Gasteiger partial charge in [-0.25, -0.2) is 0 Å². The van der Waals surface area contributed by atoms with Crippen molar-refractivity contribution in [3.05, 3.63) is 0 Å². The average molecular weight is 169 g/mol. The standard InChI is InChI=1S/C10H19NO/c1-8(2)6-11(7-9(3)12)10-4-5-10/h8,10H,4-7H2,1-3H3. The third-order valence-corrected chi connectivity index (χ3v) is 2.09. The summed E-state index contributed by atoms with van der Waals surface area (Å²) >= 11 is 0. The van der Waals surface area contributed by atoms with Gasteiger partial charge in [0.05, 0.1) is 6.54 Å². The van der Waals surface area contributed by atoms with Crippen LogP contribution in [-0.4, -0.2) is 29.8 Å². The highest BCUT2D eigenvalue weighted by Gasteiger charge is 2.29. The van der Waals surface area contributed by atoms with E-state index in [1.165, 1.54) is 12.8 Å². The predicted molar refractivity (Wildman–Crippen MR) is 50.1 cm³/mol. The first kappa shape index (κ1) is 9.72. The fraction of sp³-hybridized carbons (Fsp3) is 0.900. The molecule has 1 rings (SSSR count). The molecule has 0 spiro atoms. The fourth-order valence-corrected chi connectivity index (χ4v) is 1.54. The van der Waals surface area contributed by atoms with Crippen LogP contribution in [0.4, 0.5) is 0 Å². The quantitative estimate of drug-likeness (QED) is 0.624. The number of nitrogens with zero attached hydrogens (tertiary/aromatic N) is 1. The van der Waals surface area contributed by atoms with Crippen LogP contribution in [0.15, 0.2) is 0 Å². The van der Waals surface area contributed by atoms with Gasteiger partial charge in [0.25, 0.3) is 0 Å². The highest BCUT2D eigenvalue weighted by Crippen LogP contribution is 2.27. The zero-order chi connectivity index (χ0) is 9.14. The lowest BCUT2D eigenvalue weighted by atomic mass is 10.2. The molecule has 0 amide bonds. The maximum atomic E-state index is 10.9. The van der Waals surface area contributed by atoms with E-state index in [9.17, 15) is 4.79 Å². The SMILES string of the molecule is CC(=O)CN(CC(C)C)C1CC1. The molecule has 0 aromatic heterocycles. The molecular weight excluding hydrogens is 150 g/mol. The normalized spacial score (nSPS) is 17.4. The predicted octanol–water partition coefficient (Wildman–Crippen LogP) is 1.70. The maximum Gasteiger partial charge on any atom is 0.143 e. The van der Waals surface area contributed by atoms with E-state index < -0.39 is 0 Å². The van der Waals surface area contributed by atoms with Gasteiger partial charge in [-0.1, -0.05) is 13.8 Å². The first-order valence-corrected chi connectivity index (χ1v) is 4.83. The van der Waals surface area contributed by atoms with Crippen molar-refractivity contribution in [1.82, 2.24) is 4.90 Å². The molecular formula is C10H19NO. The van der Waals surface area contributed by atoms with Gasteiger partial charge < -0.3 is 0 Å². The Kier molecular flexibility index (Phi) is 3.27. The molecule has 12 heavy (non-hydrogen) atoms. The van der Waals surface area contributed by atoms with Crippen molar-refractivity contribution in [3.8, 4) is 0 Å². The van der Waals surface area contributed by atoms with Gasteiger partial charge in [-0.15, -0.1) is 0 Å². The third-order valence-electron chi connectivity index (χ3n) is 2.09. The van der Waals surface area contributed by atoms with Crippen LogP contribution >= 0.6 is 0 Å². The summed E-state index contributed by atoms with van der Waals surface area (Å²) in [5.74, 6) is 0.965. The Hall–Kier alpha value is -0.370. The molecule has 70 valence electrons. The molecule has 0 unspecified atom stereocenters. The number of carbonyl (C=O) groups excluding carboxylic acids is 1. The summed E-state index contributed by atoms with van der Waals surface area (Å²) in [6, 6.07) is 0.719. The molecule has 1 fully saturated rings. The van der Waals surface area contributed by atoms with E-state index >= 15 is 0 Å². The van der Waals surface area contributed by atoms with E-state index in [4.69, 9.17) is 0 Å². The maximum absolute atomic E-state index is 10.9. The number of Topliss-reactive ketones (excluding diaryl/α,β-unsaturated/α-hetero) is 1. The van der Waals surface area contributed by atoms with Crippen LogP contribution in [0.1, 0.15) is 33.6 Å². The molecule has 0 atom stereocenters. The van der Waals surface area contributed by atoms with Crippen LogP contribution in [0.3, 0.4) is 0 Å². The summed E-state index contributed by atoms with van der Waals surface area (Å²) in [5.41, 5.74) is 0. The summed E-state index contributed by atoms with van der Waals surface area (Å²) in [7, 11) is 0. The summed E-state index contributed by atoms with van der Waals surface area (Å²) in [6.07, 6.45) is 2.58. The van der Waals surface area contributed by atoms with Gasteiger partial charge in [-0.05, 0) is 25.7 Å². The summed E-state index contributed by atoms with van der Waals surface area (Å²) in [4.78, 5) is 13.3. The fourth-order valence-electron chi connectivity index (χ4n) is 1.54. The average Bonchev–Trinajstić information content (AvgIpc) is 2.63. The Balaban J connectivity index is 2.32. The van der Waals surface area contributed by atoms with Gasteiger partial charge in [-0.2, -0.15) is 0 Å². The van der Waals surface area contributed by atoms with Crippen LogP contribution in [0.2, 0.25) is 0 Å². The lowest BCUT2D eigenvalue weighted by molar-refractivity contribution is -0.118. The molecule has 0 radical (unpaired) electrons. The Morgan fingerprint density at radius 2 is 2.08 bits per heavy atom. The molecule has 0 saturated heterocycles. The highest BCUT2D eigenvalue weighted by molar-refractivity contribution is 5.77. The Bertz CT molecular complexity index is 161. The van der Waals surface area contributed by atoms with Crippen molar-refractivity contribution in [2.24, 2.45) is 5.92 Å². The van der Waals surface area contributed by atoms with Crippen molar-refractivity contribution in [2.45, 2.75) is 39.7 Å². The molecule has 1 saturated carbocycles. The van der Waals surface area contributed by atoms with Crippen molar-refractivity contribution in [2.75, 3.05) is 13.1 Å². The van der Waals surface area contributed by atoms with Crippen LogP contribution in [-0.2, 0) is 4.79 Å². The largest absolute Gasteiger partial charge is 0.299 e. The number of hydrogen-bond donors (Lipinski definition) is 0. The van der Waals surface area contributed by atoms with Crippen LogP contribution in [0.25, 0.3) is 0 Å². The third kappa shape index (κ3) is 3.35. The van der Waals surface area contributed by atoms with Crippen LogP contribution < -0.4 is 0 Å². The molecule has 0 N–H and O–H groups in total. The molecule has 1 aliphatic rings. The zero-order valence-electron chi connectivity index (χ0n) is 8.34. The zero-order valence-corrected chi connectivity index (χ0v) is 8.34. The molecule has 2 nitrogen and oxygen atoms in total. The summed E-state index contributed by atoms with van der Waals surface area (Å²) in [6.45, 7) is 7.81. The summed E-state index contributed by atoms with van der Waals surface area (Å²) in [5, 5.41) is 0. The van der Waals surface area contributed by atoms with E-state index in [0.717, 1.165) is 12.6 Å². The molecule has 0 aromatic carbocycles. The second kappa shape index (κ2) is 4.04. The number of ketones is 1. The molecule has 0 aliphatic heterocycles. The van der Waals surface area contributed by atoms with E-state index in [-0.39, 0.29) is 0 Å². The molecule has 0 bridgehead atoms. The Labute approximate surface area is 74.9 Å². The van der Waals surface area contributed by atoms with E-state index in [1.54, 1.807) is 6.92 Å². The molecule has 2 heteroatoms. The van der Waals surface area contributed by atoms with Gasteiger partial charge in [0.1, 0.15) is 5.78 Å². The molecule has 1 aliphatic carbocycles. The van der Waals surface area contributed by atoms with E-state index in [1.807, 2.05) is 0 Å². The molecule has 0 aromatic rings. The van der Waals surface area contributed by atoms with Crippen molar-refractivity contribution in [3.63, 3.8) is 0 Å². The first-order valence-electron chi connectivity index (χ1n) is 4.83. The van der Waals surface area contributed by atoms with Crippen molar-refractivity contribution >= 4 is 5.78 Å². The minimum absolute atomic E-state index is 0.294. The van der Waals surface area contributed by atoms with Crippen molar-refractivity contribution < 1.29 is 4.79 Å². The van der Waals surface area contributed by atoms with Gasteiger partial charge in [0.15, 0.2) is 0 Å². The van der Waals surface area contributed by atoms with Gasteiger partial charge in [0.2, 0.25) is 0 Å².